The summed E-state index contributed by atoms with van der Waals surface area (Å²) in [5.74, 6) is 0.00592. The molecule has 1 aromatic heterocycles. The Labute approximate surface area is 135 Å². The molecule has 0 saturated heterocycles. The van der Waals surface area contributed by atoms with Crippen LogP contribution in [0.25, 0.3) is 0 Å². The molecule has 2 heterocycles. The second kappa shape index (κ2) is 5.88. The Bertz CT molecular complexity index is 839. The van der Waals surface area contributed by atoms with Crippen LogP contribution in [0, 0.1) is 6.92 Å². The maximum Gasteiger partial charge on any atom is 0.307 e. The van der Waals surface area contributed by atoms with Crippen molar-refractivity contribution in [2.45, 2.75) is 26.5 Å². The van der Waals surface area contributed by atoms with E-state index < -0.39 is 6.10 Å². The highest BCUT2D eigenvalue weighted by Gasteiger charge is 2.23. The number of rotatable bonds is 3. The van der Waals surface area contributed by atoms with Gasteiger partial charge in [0.05, 0.1) is 5.69 Å². The smallest absolute Gasteiger partial charge is 0.307 e. The van der Waals surface area contributed by atoms with E-state index in [2.05, 4.69) is 10.6 Å². The van der Waals surface area contributed by atoms with Gasteiger partial charge >= 0.3 is 4.87 Å². The monoisotopic (exact) mass is 333 g/mol. The van der Waals surface area contributed by atoms with Crippen molar-refractivity contribution in [1.29, 1.82) is 0 Å². The zero-order valence-electron chi connectivity index (χ0n) is 12.6. The number of aromatic nitrogens is 1. The molecular weight excluding hydrogens is 318 g/mol. The number of nitrogens with one attached hydrogen (secondary N) is 2. The van der Waals surface area contributed by atoms with Crippen LogP contribution in [0.3, 0.4) is 0 Å². The SMILES string of the molecule is Cc1csc(=O)n1CC(=O)Nc1ccc2c(c1)NC(=O)C(C)O2. The lowest BCUT2D eigenvalue weighted by Gasteiger charge is -2.23. The fraction of sp³-hybridized carbons (Fsp3) is 0.267. The Morgan fingerprint density at radius 1 is 1.43 bits per heavy atom. The van der Waals surface area contributed by atoms with Crippen molar-refractivity contribution in [3.63, 3.8) is 0 Å². The first-order valence-electron chi connectivity index (χ1n) is 7.00. The van der Waals surface area contributed by atoms with Gasteiger partial charge in [-0.2, -0.15) is 0 Å². The summed E-state index contributed by atoms with van der Waals surface area (Å²) in [6, 6.07) is 4.99. The van der Waals surface area contributed by atoms with Crippen molar-refractivity contribution < 1.29 is 14.3 Å². The summed E-state index contributed by atoms with van der Waals surface area (Å²) in [7, 11) is 0. The average Bonchev–Trinajstić information content (AvgIpc) is 2.80. The minimum absolute atomic E-state index is 0.0505. The molecule has 1 unspecified atom stereocenters. The summed E-state index contributed by atoms with van der Waals surface area (Å²) in [6.45, 7) is 3.39. The van der Waals surface area contributed by atoms with Crippen LogP contribution >= 0.6 is 11.3 Å². The summed E-state index contributed by atoms with van der Waals surface area (Å²) in [4.78, 5) is 35.2. The molecule has 2 aromatic rings. The second-order valence-corrected chi connectivity index (χ2v) is 6.06. The molecule has 1 aliphatic heterocycles. The van der Waals surface area contributed by atoms with Crippen molar-refractivity contribution in [2.75, 3.05) is 10.6 Å². The van der Waals surface area contributed by atoms with Gasteiger partial charge in [-0.3, -0.25) is 19.0 Å². The molecule has 8 heteroatoms. The van der Waals surface area contributed by atoms with Gasteiger partial charge in [0.2, 0.25) is 5.91 Å². The van der Waals surface area contributed by atoms with Gasteiger partial charge in [0.25, 0.3) is 5.91 Å². The van der Waals surface area contributed by atoms with Crippen LogP contribution in [0.15, 0.2) is 28.4 Å². The Hall–Kier alpha value is -2.61. The largest absolute Gasteiger partial charge is 0.479 e. The van der Waals surface area contributed by atoms with Crippen LogP contribution in [-0.4, -0.2) is 22.5 Å². The number of carbonyl (C=O) groups excluding carboxylic acids is 2. The fourth-order valence-corrected chi connectivity index (χ4v) is 2.96. The molecule has 0 saturated carbocycles. The van der Waals surface area contributed by atoms with Gasteiger partial charge in [-0.1, -0.05) is 11.3 Å². The van der Waals surface area contributed by atoms with Crippen LogP contribution in [0.2, 0.25) is 0 Å². The van der Waals surface area contributed by atoms with Crippen LogP contribution < -0.4 is 20.2 Å². The summed E-state index contributed by atoms with van der Waals surface area (Å²) in [5.41, 5.74) is 1.78. The van der Waals surface area contributed by atoms with E-state index >= 15 is 0 Å². The highest BCUT2D eigenvalue weighted by atomic mass is 32.1. The van der Waals surface area contributed by atoms with Gasteiger partial charge in [0.1, 0.15) is 12.3 Å². The number of hydrogen-bond donors (Lipinski definition) is 2. The van der Waals surface area contributed by atoms with Crippen LogP contribution in [0.1, 0.15) is 12.6 Å². The number of fused-ring (bicyclic) bond motifs is 1. The number of carbonyl (C=O) groups is 2. The van der Waals surface area contributed by atoms with Gasteiger partial charge < -0.3 is 15.4 Å². The van der Waals surface area contributed by atoms with Crippen LogP contribution in [-0.2, 0) is 16.1 Å². The molecule has 7 nitrogen and oxygen atoms in total. The van der Waals surface area contributed by atoms with E-state index in [0.29, 0.717) is 17.1 Å². The molecule has 0 radical (unpaired) electrons. The Morgan fingerprint density at radius 2 is 2.22 bits per heavy atom. The standard InChI is InChI=1S/C15H15N3O4S/c1-8-7-23-15(21)18(8)6-13(19)16-10-3-4-12-11(5-10)17-14(20)9(2)22-12/h3-5,7,9H,6H2,1-2H3,(H,16,19)(H,17,20). The maximum atomic E-state index is 12.1. The van der Waals surface area contributed by atoms with E-state index in [1.807, 2.05) is 0 Å². The zero-order chi connectivity index (χ0) is 16.6. The number of nitrogens with zero attached hydrogens (tertiary/aromatic N) is 1. The maximum absolute atomic E-state index is 12.1. The predicted molar refractivity (Wildman–Crippen MR) is 87.1 cm³/mol. The number of aryl methyl sites for hydroxylation is 1. The number of ether oxygens (including phenoxy) is 1. The van der Waals surface area contributed by atoms with Crippen LogP contribution in [0.5, 0.6) is 5.75 Å². The van der Waals surface area contributed by atoms with E-state index in [0.717, 1.165) is 17.0 Å². The third kappa shape index (κ3) is 3.11. The molecule has 0 bridgehead atoms. The molecular formula is C15H15N3O4S. The molecule has 1 aliphatic rings. The topological polar surface area (TPSA) is 89.4 Å². The molecule has 0 fully saturated rings. The second-order valence-electron chi connectivity index (χ2n) is 5.24. The molecule has 0 aliphatic carbocycles. The van der Waals surface area contributed by atoms with Crippen LogP contribution in [0.4, 0.5) is 11.4 Å². The highest BCUT2D eigenvalue weighted by molar-refractivity contribution is 7.07. The first-order chi connectivity index (χ1) is 10.9. The van der Waals surface area contributed by atoms with Gasteiger partial charge in [0, 0.05) is 16.8 Å². The molecule has 2 N–H and O–H groups in total. The highest BCUT2D eigenvalue weighted by Crippen LogP contribution is 2.32. The molecule has 120 valence electrons. The van der Waals surface area contributed by atoms with Gasteiger partial charge in [-0.05, 0) is 32.0 Å². The van der Waals surface area contributed by atoms with E-state index in [1.54, 1.807) is 37.4 Å². The third-order valence-corrected chi connectivity index (χ3v) is 4.35. The molecule has 1 aromatic carbocycles. The Kier molecular flexibility index (Phi) is 3.91. The molecule has 0 spiro atoms. The molecule has 3 rings (SSSR count). The molecule has 2 amide bonds. The number of hydrogen-bond acceptors (Lipinski definition) is 5. The van der Waals surface area contributed by atoms with Crippen molar-refractivity contribution in [3.8, 4) is 5.75 Å². The van der Waals surface area contributed by atoms with Gasteiger partial charge in [-0.25, -0.2) is 0 Å². The zero-order valence-corrected chi connectivity index (χ0v) is 13.4. The lowest BCUT2D eigenvalue weighted by Crippen LogP contribution is -2.34. The number of benzene rings is 1. The normalized spacial score (nSPS) is 16.3. The first kappa shape index (κ1) is 15.3. The summed E-state index contributed by atoms with van der Waals surface area (Å²) >= 11 is 1.06. The quantitative estimate of drug-likeness (QED) is 0.892. The van der Waals surface area contributed by atoms with Crippen molar-refractivity contribution in [1.82, 2.24) is 4.57 Å². The molecule has 1 atom stereocenters. The van der Waals surface area contributed by atoms with Gasteiger partial charge in [0.15, 0.2) is 6.10 Å². The summed E-state index contributed by atoms with van der Waals surface area (Å²) in [6.07, 6.45) is -0.545. The predicted octanol–water partition coefficient (Wildman–Crippen LogP) is 1.58. The van der Waals surface area contributed by atoms with Crippen molar-refractivity contribution in [3.05, 3.63) is 38.9 Å². The van der Waals surface area contributed by atoms with E-state index in [9.17, 15) is 14.4 Å². The number of anilines is 2. The lowest BCUT2D eigenvalue weighted by atomic mass is 10.2. The minimum atomic E-state index is -0.545. The number of thiazole rings is 1. The minimum Gasteiger partial charge on any atom is -0.479 e. The first-order valence-corrected chi connectivity index (χ1v) is 7.88. The number of amides is 2. The van der Waals surface area contributed by atoms with Crippen molar-refractivity contribution in [2.24, 2.45) is 0 Å². The Balaban J connectivity index is 1.74. The molecule has 23 heavy (non-hydrogen) atoms. The average molecular weight is 333 g/mol. The van der Waals surface area contributed by atoms with E-state index in [1.165, 1.54) is 4.57 Å². The third-order valence-electron chi connectivity index (χ3n) is 3.47. The van der Waals surface area contributed by atoms with E-state index in [-0.39, 0.29) is 23.2 Å². The van der Waals surface area contributed by atoms with E-state index in [4.69, 9.17) is 4.74 Å². The fourth-order valence-electron chi connectivity index (χ4n) is 2.23. The Morgan fingerprint density at radius 3 is 2.91 bits per heavy atom. The van der Waals surface area contributed by atoms with Gasteiger partial charge in [-0.15, -0.1) is 0 Å². The summed E-state index contributed by atoms with van der Waals surface area (Å²) in [5, 5.41) is 7.14. The summed E-state index contributed by atoms with van der Waals surface area (Å²) < 4.78 is 6.86. The van der Waals surface area contributed by atoms with Crippen molar-refractivity contribution >= 4 is 34.5 Å². The lowest BCUT2D eigenvalue weighted by molar-refractivity contribution is -0.122.